The monoisotopic (exact) mass is 456 g/mol. The van der Waals surface area contributed by atoms with Gasteiger partial charge in [0.25, 0.3) is 0 Å². The lowest BCUT2D eigenvalue weighted by molar-refractivity contribution is -0.276. The van der Waals surface area contributed by atoms with E-state index in [4.69, 9.17) is 0 Å². The van der Waals surface area contributed by atoms with Crippen molar-refractivity contribution in [1.82, 2.24) is 0 Å². The molecular weight excluding hydrogens is 404 g/mol. The number of aliphatic hydroxyl groups excluding tert-OH is 1. The van der Waals surface area contributed by atoms with E-state index >= 15 is 0 Å². The van der Waals surface area contributed by atoms with E-state index in [-0.39, 0.29) is 28.3 Å². The Balaban J connectivity index is 1.58. The highest BCUT2D eigenvalue weighted by atomic mass is 16.3. The first-order chi connectivity index (χ1) is 15.1. The van der Waals surface area contributed by atoms with Crippen LogP contribution in [0.2, 0.25) is 0 Å². The molecule has 2 heteroatoms. The van der Waals surface area contributed by atoms with E-state index in [1.54, 1.807) is 0 Å². The molecule has 0 aromatic rings. The van der Waals surface area contributed by atoms with Crippen LogP contribution >= 0.6 is 0 Å². The van der Waals surface area contributed by atoms with Crippen molar-refractivity contribution in [2.24, 2.45) is 62.1 Å². The molecule has 0 amide bonds. The van der Waals surface area contributed by atoms with Crippen molar-refractivity contribution in [1.29, 1.82) is 0 Å². The van der Waals surface area contributed by atoms with Crippen molar-refractivity contribution in [3.05, 3.63) is 0 Å². The van der Waals surface area contributed by atoms with Crippen LogP contribution in [0.1, 0.15) is 120 Å². The second-order valence-electron chi connectivity index (χ2n) is 15.9. The molecule has 5 fully saturated rings. The highest BCUT2D eigenvalue weighted by molar-refractivity contribution is 5.82. The highest BCUT2D eigenvalue weighted by Gasteiger charge is 2.72. The quantitative estimate of drug-likeness (QED) is 0.406. The molecule has 0 aliphatic heterocycles. The molecule has 5 aliphatic carbocycles. The molecule has 5 rings (SSSR count). The van der Waals surface area contributed by atoms with Crippen LogP contribution in [0.25, 0.3) is 0 Å². The first kappa shape index (κ1) is 24.3. The molecule has 5 aliphatic rings. The van der Waals surface area contributed by atoms with Gasteiger partial charge in [0.05, 0.1) is 6.10 Å². The second-order valence-corrected chi connectivity index (χ2v) is 15.9. The topological polar surface area (TPSA) is 37.3 Å². The Morgan fingerprint density at radius 2 is 1.39 bits per heavy atom. The maximum absolute atomic E-state index is 12.8. The molecule has 0 aromatic carbocycles. The summed E-state index contributed by atoms with van der Waals surface area (Å²) < 4.78 is 0. The molecule has 0 spiro atoms. The lowest BCUT2D eigenvalue weighted by Gasteiger charge is -2.76. The molecule has 2 nitrogen and oxygen atoms in total. The minimum absolute atomic E-state index is 0.0160. The second kappa shape index (κ2) is 6.89. The summed E-state index contributed by atoms with van der Waals surface area (Å²) in [5.74, 6) is 3.51. The SMILES string of the molecule is CC1CC2(C)C(C)C(=O)CCC2C2(C)CCC3(C)C4CC(C)(C)C(O)CC4(C)CCC3(C)C12. The number of fused-ring (bicyclic) bond motifs is 7. The summed E-state index contributed by atoms with van der Waals surface area (Å²) in [6.45, 7) is 22.5. The van der Waals surface area contributed by atoms with Gasteiger partial charge in [-0.2, -0.15) is 0 Å². The Labute approximate surface area is 204 Å². The van der Waals surface area contributed by atoms with Crippen LogP contribution in [-0.2, 0) is 4.79 Å². The largest absolute Gasteiger partial charge is 0.393 e. The van der Waals surface area contributed by atoms with Crippen molar-refractivity contribution in [2.45, 2.75) is 126 Å². The number of hydrogen-bond donors (Lipinski definition) is 1. The summed E-state index contributed by atoms with van der Waals surface area (Å²) in [4.78, 5) is 12.8. The fourth-order valence-electron chi connectivity index (χ4n) is 12.0. The van der Waals surface area contributed by atoms with Crippen LogP contribution in [0.15, 0.2) is 0 Å². The number of carbonyl (C=O) groups is 1. The van der Waals surface area contributed by atoms with Crippen molar-refractivity contribution in [3.63, 3.8) is 0 Å². The predicted molar refractivity (Wildman–Crippen MR) is 136 cm³/mol. The van der Waals surface area contributed by atoms with Gasteiger partial charge < -0.3 is 5.11 Å². The van der Waals surface area contributed by atoms with Crippen LogP contribution < -0.4 is 0 Å². The molecule has 0 aromatic heterocycles. The van der Waals surface area contributed by atoms with E-state index in [2.05, 4.69) is 62.3 Å². The van der Waals surface area contributed by atoms with E-state index in [0.29, 0.717) is 39.8 Å². The van der Waals surface area contributed by atoms with Crippen molar-refractivity contribution in [3.8, 4) is 0 Å². The van der Waals surface area contributed by atoms with Crippen molar-refractivity contribution in [2.75, 3.05) is 0 Å². The minimum Gasteiger partial charge on any atom is -0.393 e. The number of Topliss-reactive ketones (excluding diaryl/α,β-unsaturated/α-hetero) is 1. The summed E-state index contributed by atoms with van der Waals surface area (Å²) in [7, 11) is 0. The molecule has 11 atom stereocenters. The third kappa shape index (κ3) is 2.85. The lowest BCUT2D eigenvalue weighted by Crippen LogP contribution is -2.70. The van der Waals surface area contributed by atoms with E-state index in [1.807, 2.05) is 0 Å². The van der Waals surface area contributed by atoms with Crippen LogP contribution in [-0.4, -0.2) is 17.0 Å². The maximum Gasteiger partial charge on any atom is 0.136 e. The summed E-state index contributed by atoms with van der Waals surface area (Å²) in [5, 5.41) is 11.0. The van der Waals surface area contributed by atoms with Gasteiger partial charge in [0.1, 0.15) is 5.78 Å². The molecule has 0 heterocycles. The summed E-state index contributed by atoms with van der Waals surface area (Å²) in [6, 6.07) is 0. The van der Waals surface area contributed by atoms with Gasteiger partial charge in [0.15, 0.2) is 0 Å². The van der Waals surface area contributed by atoms with Gasteiger partial charge >= 0.3 is 0 Å². The van der Waals surface area contributed by atoms with Gasteiger partial charge in [-0.25, -0.2) is 0 Å². The van der Waals surface area contributed by atoms with Crippen molar-refractivity contribution < 1.29 is 9.90 Å². The highest BCUT2D eigenvalue weighted by Crippen LogP contribution is 2.79. The molecule has 0 saturated heterocycles. The fourth-order valence-corrected chi connectivity index (χ4v) is 12.0. The minimum atomic E-state index is -0.170. The van der Waals surface area contributed by atoms with Crippen LogP contribution in [0.3, 0.4) is 0 Å². The average Bonchev–Trinajstić information content (AvgIpc) is 2.70. The number of rotatable bonds is 0. The lowest BCUT2D eigenvalue weighted by atomic mass is 9.29. The smallest absolute Gasteiger partial charge is 0.136 e. The van der Waals surface area contributed by atoms with Gasteiger partial charge in [0, 0.05) is 12.3 Å². The maximum atomic E-state index is 12.8. The van der Waals surface area contributed by atoms with Crippen molar-refractivity contribution >= 4 is 5.78 Å². The Hall–Kier alpha value is -0.370. The average molecular weight is 457 g/mol. The standard InChI is InChI=1S/C31H52O2/c1-19-16-29(7)20(2)21(32)10-11-22(29)28(6)13-15-30(8)23-17-26(3,4)24(33)18-27(23,5)12-14-31(30,9)25(19)28/h19-20,22-25,33H,10-18H2,1-9H3. The molecule has 5 saturated carbocycles. The molecule has 188 valence electrons. The molecule has 1 N–H and O–H groups in total. The zero-order valence-electron chi connectivity index (χ0n) is 23.2. The Kier molecular flexibility index (Phi) is 5.08. The van der Waals surface area contributed by atoms with E-state index in [1.165, 1.54) is 38.5 Å². The summed E-state index contributed by atoms with van der Waals surface area (Å²) in [5.41, 5.74) is 1.47. The van der Waals surface area contributed by atoms with E-state index < -0.39 is 0 Å². The number of aliphatic hydroxyl groups is 1. The van der Waals surface area contributed by atoms with Crippen LogP contribution in [0, 0.1) is 62.1 Å². The number of carbonyl (C=O) groups excluding carboxylic acids is 1. The molecule has 0 bridgehead atoms. The fraction of sp³-hybridized carbons (Fsp3) is 0.968. The van der Waals surface area contributed by atoms with Gasteiger partial charge in [-0.15, -0.1) is 0 Å². The van der Waals surface area contributed by atoms with Crippen LogP contribution in [0.4, 0.5) is 0 Å². The first-order valence-corrected chi connectivity index (χ1v) is 14.3. The normalized spacial score (nSPS) is 60.2. The zero-order valence-corrected chi connectivity index (χ0v) is 23.2. The summed E-state index contributed by atoms with van der Waals surface area (Å²) >= 11 is 0. The molecular formula is C31H52O2. The predicted octanol–water partition coefficient (Wildman–Crippen LogP) is 7.67. The third-order valence-electron chi connectivity index (χ3n) is 14.1. The molecule has 33 heavy (non-hydrogen) atoms. The van der Waals surface area contributed by atoms with E-state index in [9.17, 15) is 9.90 Å². The third-order valence-corrected chi connectivity index (χ3v) is 14.1. The van der Waals surface area contributed by atoms with Gasteiger partial charge in [-0.3, -0.25) is 4.79 Å². The van der Waals surface area contributed by atoms with Gasteiger partial charge in [0.2, 0.25) is 0 Å². The molecule has 0 radical (unpaired) electrons. The summed E-state index contributed by atoms with van der Waals surface area (Å²) in [6.07, 6.45) is 10.4. The Morgan fingerprint density at radius 1 is 0.758 bits per heavy atom. The Bertz CT molecular complexity index is 846. The Morgan fingerprint density at radius 3 is 2.06 bits per heavy atom. The van der Waals surface area contributed by atoms with Gasteiger partial charge in [-0.05, 0) is 108 Å². The zero-order chi connectivity index (χ0) is 24.4. The van der Waals surface area contributed by atoms with E-state index in [0.717, 1.165) is 25.2 Å². The number of hydrogen-bond acceptors (Lipinski definition) is 2. The van der Waals surface area contributed by atoms with Gasteiger partial charge in [-0.1, -0.05) is 62.3 Å². The number of ketones is 1. The first-order valence-electron chi connectivity index (χ1n) is 14.3. The molecule has 11 unspecified atom stereocenters. The van der Waals surface area contributed by atoms with Crippen LogP contribution in [0.5, 0.6) is 0 Å².